The number of carbonyl (C=O) groups excluding carboxylic acids is 1. The van der Waals surface area contributed by atoms with E-state index in [1.54, 1.807) is 13.2 Å². The molecule has 0 aliphatic heterocycles. The van der Waals surface area contributed by atoms with Crippen molar-refractivity contribution in [2.75, 3.05) is 19.0 Å². The first-order valence-electron chi connectivity index (χ1n) is 6.08. The minimum absolute atomic E-state index is 0.0831. The number of nitrogens with zero attached hydrogens (tertiary/aromatic N) is 2. The summed E-state index contributed by atoms with van der Waals surface area (Å²) < 4.78 is 11.4. The molecule has 21 heavy (non-hydrogen) atoms. The number of ether oxygens (including phenoxy) is 2. The highest BCUT2D eigenvalue weighted by atomic mass is 79.9. The van der Waals surface area contributed by atoms with Crippen LogP contribution in [0.15, 0.2) is 22.7 Å². The van der Waals surface area contributed by atoms with Crippen molar-refractivity contribution in [2.24, 2.45) is 0 Å². The Labute approximate surface area is 134 Å². The highest BCUT2D eigenvalue weighted by molar-refractivity contribution is 9.10. The molecule has 0 fully saturated rings. The lowest BCUT2D eigenvalue weighted by molar-refractivity contribution is -0.118. The van der Waals surface area contributed by atoms with E-state index in [0.29, 0.717) is 22.5 Å². The minimum atomic E-state index is -0.282. The van der Waals surface area contributed by atoms with Gasteiger partial charge in [0.25, 0.3) is 5.91 Å². The van der Waals surface area contributed by atoms with E-state index in [1.807, 2.05) is 19.1 Å². The number of halogens is 1. The van der Waals surface area contributed by atoms with Gasteiger partial charge in [0, 0.05) is 11.6 Å². The molecule has 1 amide bonds. The first-order valence-corrected chi connectivity index (χ1v) is 7.69. The molecule has 112 valence electrons. The molecule has 8 heteroatoms. The van der Waals surface area contributed by atoms with E-state index in [-0.39, 0.29) is 12.5 Å². The molecule has 1 N–H and O–H groups in total. The normalized spacial score (nSPS) is 10.4. The molecule has 0 spiro atoms. The van der Waals surface area contributed by atoms with Crippen molar-refractivity contribution in [1.29, 1.82) is 0 Å². The molecule has 0 atom stereocenters. The Morgan fingerprint density at radius 1 is 1.43 bits per heavy atom. The lowest BCUT2D eigenvalue weighted by Gasteiger charge is -2.07. The average molecular weight is 372 g/mol. The maximum Gasteiger partial charge on any atom is 0.264 e. The Bertz CT molecular complexity index is 633. The number of carbonyl (C=O) groups is 1. The van der Waals surface area contributed by atoms with Crippen molar-refractivity contribution in [2.45, 2.75) is 13.5 Å². The topological polar surface area (TPSA) is 73.3 Å². The second-order valence-electron chi connectivity index (χ2n) is 4.18. The largest absolute Gasteiger partial charge is 0.484 e. The zero-order valence-corrected chi connectivity index (χ0v) is 14.0. The molecule has 1 aromatic carbocycles. The summed E-state index contributed by atoms with van der Waals surface area (Å²) in [7, 11) is 1.58. The van der Waals surface area contributed by atoms with Crippen molar-refractivity contribution < 1.29 is 14.3 Å². The maximum absolute atomic E-state index is 11.8. The second kappa shape index (κ2) is 7.48. The molecule has 0 aliphatic rings. The summed E-state index contributed by atoms with van der Waals surface area (Å²) in [6.07, 6.45) is 0. The quantitative estimate of drug-likeness (QED) is 0.844. The minimum Gasteiger partial charge on any atom is -0.484 e. The summed E-state index contributed by atoms with van der Waals surface area (Å²) in [6.45, 7) is 2.25. The van der Waals surface area contributed by atoms with Crippen LogP contribution in [-0.4, -0.2) is 29.8 Å². The number of aryl methyl sites for hydroxylation is 1. The lowest BCUT2D eigenvalue weighted by Crippen LogP contribution is -2.20. The van der Waals surface area contributed by atoms with Crippen LogP contribution in [0.4, 0.5) is 5.13 Å². The van der Waals surface area contributed by atoms with E-state index >= 15 is 0 Å². The Hall–Kier alpha value is -1.51. The van der Waals surface area contributed by atoms with Gasteiger partial charge in [0.05, 0.1) is 0 Å². The summed E-state index contributed by atoms with van der Waals surface area (Å²) in [6, 6.07) is 5.54. The van der Waals surface area contributed by atoms with E-state index in [2.05, 4.69) is 31.4 Å². The molecule has 2 rings (SSSR count). The number of benzene rings is 1. The van der Waals surface area contributed by atoms with Gasteiger partial charge in [-0.25, -0.2) is 0 Å². The molecule has 1 aromatic heterocycles. The summed E-state index contributed by atoms with van der Waals surface area (Å²) in [4.78, 5) is 11.8. The summed E-state index contributed by atoms with van der Waals surface area (Å²) in [5, 5.41) is 11.5. The fourth-order valence-electron chi connectivity index (χ4n) is 1.50. The third-order valence-corrected chi connectivity index (χ3v) is 4.18. The van der Waals surface area contributed by atoms with Gasteiger partial charge in [0.15, 0.2) is 6.61 Å². The van der Waals surface area contributed by atoms with Crippen molar-refractivity contribution in [3.8, 4) is 5.75 Å². The monoisotopic (exact) mass is 371 g/mol. The van der Waals surface area contributed by atoms with Crippen LogP contribution in [0.25, 0.3) is 0 Å². The van der Waals surface area contributed by atoms with Crippen molar-refractivity contribution in [1.82, 2.24) is 10.2 Å². The summed E-state index contributed by atoms with van der Waals surface area (Å²) >= 11 is 4.68. The van der Waals surface area contributed by atoms with Crippen LogP contribution in [0.2, 0.25) is 0 Å². The van der Waals surface area contributed by atoms with Gasteiger partial charge in [-0.05, 0) is 30.7 Å². The van der Waals surface area contributed by atoms with Gasteiger partial charge in [-0.15, -0.1) is 10.2 Å². The predicted molar refractivity (Wildman–Crippen MR) is 83.6 cm³/mol. The van der Waals surface area contributed by atoms with Crippen LogP contribution in [0.5, 0.6) is 5.75 Å². The zero-order chi connectivity index (χ0) is 15.2. The van der Waals surface area contributed by atoms with Crippen molar-refractivity contribution in [3.63, 3.8) is 0 Å². The summed E-state index contributed by atoms with van der Waals surface area (Å²) in [5.41, 5.74) is 1.04. The first kappa shape index (κ1) is 15.9. The molecule has 6 nitrogen and oxygen atoms in total. The van der Waals surface area contributed by atoms with Gasteiger partial charge in [-0.1, -0.05) is 27.3 Å². The Morgan fingerprint density at radius 2 is 2.24 bits per heavy atom. The maximum atomic E-state index is 11.8. The summed E-state index contributed by atoms with van der Waals surface area (Å²) in [5.74, 6) is 0.360. The molecule has 1 heterocycles. The van der Waals surface area contributed by atoms with Crippen LogP contribution in [0, 0.1) is 6.92 Å². The lowest BCUT2D eigenvalue weighted by atomic mass is 10.2. The Morgan fingerprint density at radius 3 is 2.95 bits per heavy atom. The fraction of sp³-hybridized carbons (Fsp3) is 0.308. The van der Waals surface area contributed by atoms with Crippen LogP contribution in [0.3, 0.4) is 0 Å². The highest BCUT2D eigenvalue weighted by Gasteiger charge is 2.09. The number of amides is 1. The zero-order valence-electron chi connectivity index (χ0n) is 11.6. The fourth-order valence-corrected chi connectivity index (χ4v) is 2.47. The van der Waals surface area contributed by atoms with Gasteiger partial charge in [-0.3, -0.25) is 10.1 Å². The Balaban J connectivity index is 1.85. The number of nitrogens with one attached hydrogen (secondary N) is 1. The van der Waals surface area contributed by atoms with Gasteiger partial charge in [0.2, 0.25) is 5.13 Å². The number of anilines is 1. The van der Waals surface area contributed by atoms with Crippen LogP contribution in [0.1, 0.15) is 10.6 Å². The van der Waals surface area contributed by atoms with Crippen molar-refractivity contribution >= 4 is 38.3 Å². The SMILES string of the molecule is COCc1nnc(NC(=O)COc2ccc(Br)c(C)c2)s1. The molecule has 0 radical (unpaired) electrons. The van der Waals surface area contributed by atoms with E-state index in [4.69, 9.17) is 9.47 Å². The Kier molecular flexibility index (Phi) is 5.66. The number of hydrogen-bond donors (Lipinski definition) is 1. The van der Waals surface area contributed by atoms with E-state index in [0.717, 1.165) is 10.0 Å². The van der Waals surface area contributed by atoms with Gasteiger partial charge in [-0.2, -0.15) is 0 Å². The number of aromatic nitrogens is 2. The van der Waals surface area contributed by atoms with Crippen LogP contribution < -0.4 is 10.1 Å². The number of methoxy groups -OCH3 is 1. The number of rotatable bonds is 6. The standard InChI is InChI=1S/C13H14BrN3O3S/c1-8-5-9(3-4-10(8)14)20-6-11(18)15-13-17-16-12(21-13)7-19-2/h3-5H,6-7H2,1-2H3,(H,15,17,18). The van der Waals surface area contributed by atoms with Gasteiger partial charge < -0.3 is 9.47 Å². The highest BCUT2D eigenvalue weighted by Crippen LogP contribution is 2.21. The van der Waals surface area contributed by atoms with Gasteiger partial charge in [0.1, 0.15) is 17.4 Å². The van der Waals surface area contributed by atoms with E-state index in [9.17, 15) is 4.79 Å². The predicted octanol–water partition coefficient (Wildman–Crippen LogP) is 2.77. The van der Waals surface area contributed by atoms with Crippen molar-refractivity contribution in [3.05, 3.63) is 33.2 Å². The molecule has 2 aromatic rings. The molecular formula is C13H14BrN3O3S. The van der Waals surface area contributed by atoms with E-state index in [1.165, 1.54) is 11.3 Å². The molecule has 0 unspecified atom stereocenters. The third kappa shape index (κ3) is 4.76. The molecule has 0 bridgehead atoms. The van der Waals surface area contributed by atoms with Gasteiger partial charge >= 0.3 is 0 Å². The molecule has 0 aliphatic carbocycles. The molecule has 0 saturated heterocycles. The average Bonchev–Trinajstić information content (AvgIpc) is 2.88. The molecular weight excluding hydrogens is 358 g/mol. The molecule has 0 saturated carbocycles. The van der Waals surface area contributed by atoms with E-state index < -0.39 is 0 Å². The third-order valence-electron chi connectivity index (χ3n) is 2.48. The van der Waals surface area contributed by atoms with Crippen LogP contribution in [-0.2, 0) is 16.1 Å². The van der Waals surface area contributed by atoms with Crippen LogP contribution >= 0.6 is 27.3 Å². The first-order chi connectivity index (χ1) is 10.1. The number of hydrogen-bond acceptors (Lipinski definition) is 6. The second-order valence-corrected chi connectivity index (χ2v) is 6.10. The smallest absolute Gasteiger partial charge is 0.264 e.